The lowest BCUT2D eigenvalue weighted by molar-refractivity contribution is -0.923. The lowest BCUT2D eigenvalue weighted by Gasteiger charge is -2.46. The molecule has 1 aliphatic carbocycles. The minimum atomic E-state index is 0.204. The molecule has 1 atom stereocenters. The van der Waals surface area contributed by atoms with Crippen LogP contribution < -0.4 is 14.2 Å². The summed E-state index contributed by atoms with van der Waals surface area (Å²) in [6.45, 7) is 1.05. The van der Waals surface area contributed by atoms with Crippen molar-refractivity contribution in [2.24, 2.45) is 0 Å². The molecule has 0 saturated heterocycles. The molecule has 0 amide bonds. The van der Waals surface area contributed by atoms with Crippen molar-refractivity contribution < 1.29 is 23.8 Å². The van der Waals surface area contributed by atoms with Crippen LogP contribution in [-0.4, -0.2) is 51.6 Å². The zero-order valence-electron chi connectivity index (χ0n) is 16.0. The third kappa shape index (κ3) is 2.27. The highest BCUT2D eigenvalue weighted by Gasteiger charge is 2.43. The smallest absolute Gasteiger partial charge is 0.168 e. The summed E-state index contributed by atoms with van der Waals surface area (Å²) >= 11 is 0. The Labute approximate surface area is 154 Å². The van der Waals surface area contributed by atoms with E-state index >= 15 is 0 Å². The van der Waals surface area contributed by atoms with E-state index in [0.29, 0.717) is 17.5 Å². The molecule has 1 heterocycles. The number of quaternary nitrogens is 1. The Morgan fingerprint density at radius 2 is 1.65 bits per heavy atom. The Bertz CT molecular complexity index is 888. The number of hydrogen-bond acceptors (Lipinski definition) is 4. The lowest BCUT2D eigenvalue weighted by atomic mass is 9.75. The number of fused-ring (bicyclic) bond motifs is 2. The maximum absolute atomic E-state index is 10.6. The molecule has 1 N–H and O–H groups in total. The summed E-state index contributed by atoms with van der Waals surface area (Å²) in [6.07, 6.45) is 1.88. The van der Waals surface area contributed by atoms with Gasteiger partial charge in [0.2, 0.25) is 0 Å². The van der Waals surface area contributed by atoms with Gasteiger partial charge in [0.15, 0.2) is 23.0 Å². The number of rotatable bonds is 3. The predicted molar refractivity (Wildman–Crippen MR) is 100 cm³/mol. The summed E-state index contributed by atoms with van der Waals surface area (Å²) < 4.78 is 17.6. The molecule has 5 heteroatoms. The zero-order chi connectivity index (χ0) is 18.6. The van der Waals surface area contributed by atoms with E-state index in [0.717, 1.165) is 40.7 Å². The molecule has 26 heavy (non-hydrogen) atoms. The average Bonchev–Trinajstić information content (AvgIpc) is 2.63. The fourth-order valence-electron chi connectivity index (χ4n) is 4.57. The SMILES string of the molecule is COc1cc2c(cc1OC)-c1c(OC)c(O)cc3c1[C@H](C2)[N+](C)(C)CC3. The Hall–Kier alpha value is -2.40. The van der Waals surface area contributed by atoms with Crippen LogP contribution >= 0.6 is 0 Å². The van der Waals surface area contributed by atoms with Crippen molar-refractivity contribution in [3.8, 4) is 34.1 Å². The van der Waals surface area contributed by atoms with Gasteiger partial charge in [-0.15, -0.1) is 0 Å². The van der Waals surface area contributed by atoms with E-state index < -0.39 is 0 Å². The van der Waals surface area contributed by atoms with Crippen molar-refractivity contribution >= 4 is 0 Å². The molecule has 1 aliphatic heterocycles. The average molecular weight is 356 g/mol. The third-order valence-corrected chi connectivity index (χ3v) is 6.02. The first-order chi connectivity index (χ1) is 12.4. The number of likely N-dealkylation sites (N-methyl/N-ethyl adjacent to an activating group) is 1. The number of aromatic hydroxyl groups is 1. The number of methoxy groups -OCH3 is 3. The molecule has 0 radical (unpaired) electrons. The van der Waals surface area contributed by atoms with Crippen LogP contribution in [0.3, 0.4) is 0 Å². The van der Waals surface area contributed by atoms with E-state index in [-0.39, 0.29) is 5.75 Å². The lowest BCUT2D eigenvalue weighted by Crippen LogP contribution is -2.49. The fourth-order valence-corrected chi connectivity index (χ4v) is 4.57. The molecule has 138 valence electrons. The summed E-state index contributed by atoms with van der Waals surface area (Å²) in [5.74, 6) is 2.17. The molecule has 2 aliphatic rings. The van der Waals surface area contributed by atoms with Gasteiger partial charge in [0.1, 0.15) is 6.04 Å². The van der Waals surface area contributed by atoms with Gasteiger partial charge in [-0.2, -0.15) is 0 Å². The Morgan fingerprint density at radius 1 is 0.962 bits per heavy atom. The summed E-state index contributed by atoms with van der Waals surface area (Å²) in [5.41, 5.74) is 5.78. The van der Waals surface area contributed by atoms with Gasteiger partial charge in [0.05, 0.1) is 42.0 Å². The quantitative estimate of drug-likeness (QED) is 0.857. The van der Waals surface area contributed by atoms with Crippen LogP contribution in [0, 0.1) is 0 Å². The molecule has 0 bridgehead atoms. The number of hydrogen-bond donors (Lipinski definition) is 1. The first-order valence-electron chi connectivity index (χ1n) is 8.92. The van der Waals surface area contributed by atoms with Gasteiger partial charge in [0.25, 0.3) is 0 Å². The number of benzene rings is 2. The topological polar surface area (TPSA) is 47.9 Å². The summed E-state index contributed by atoms with van der Waals surface area (Å²) in [5, 5.41) is 10.6. The zero-order valence-corrected chi connectivity index (χ0v) is 16.0. The molecule has 5 nitrogen and oxygen atoms in total. The predicted octanol–water partition coefficient (Wildman–Crippen LogP) is 3.31. The molecule has 0 fully saturated rings. The van der Waals surface area contributed by atoms with E-state index in [1.807, 2.05) is 12.1 Å². The second-order valence-electron chi connectivity index (χ2n) is 7.71. The van der Waals surface area contributed by atoms with Gasteiger partial charge >= 0.3 is 0 Å². The van der Waals surface area contributed by atoms with Crippen LogP contribution in [0.2, 0.25) is 0 Å². The molecule has 0 aromatic heterocycles. The van der Waals surface area contributed by atoms with Crippen molar-refractivity contribution in [1.29, 1.82) is 0 Å². The van der Waals surface area contributed by atoms with Crippen LogP contribution in [0.4, 0.5) is 0 Å². The Morgan fingerprint density at radius 3 is 2.31 bits per heavy atom. The second kappa shape index (κ2) is 5.81. The fraction of sp³-hybridized carbons (Fsp3) is 0.429. The largest absolute Gasteiger partial charge is 0.504 e. The summed E-state index contributed by atoms with van der Waals surface area (Å²) in [4.78, 5) is 0. The molecular formula is C21H26NO4+. The molecule has 2 aromatic carbocycles. The third-order valence-electron chi connectivity index (χ3n) is 6.02. The Balaban J connectivity index is 2.08. The van der Waals surface area contributed by atoms with E-state index in [2.05, 4.69) is 20.2 Å². The van der Waals surface area contributed by atoms with E-state index in [1.54, 1.807) is 21.3 Å². The first-order valence-corrected chi connectivity index (χ1v) is 8.92. The monoisotopic (exact) mass is 356 g/mol. The number of nitrogens with zero attached hydrogens (tertiary/aromatic N) is 1. The van der Waals surface area contributed by atoms with Gasteiger partial charge in [-0.1, -0.05) is 0 Å². The van der Waals surface area contributed by atoms with Crippen LogP contribution in [0.5, 0.6) is 23.0 Å². The van der Waals surface area contributed by atoms with Crippen LogP contribution in [0.25, 0.3) is 11.1 Å². The van der Waals surface area contributed by atoms with Crippen molar-refractivity contribution in [3.63, 3.8) is 0 Å². The van der Waals surface area contributed by atoms with Crippen molar-refractivity contribution in [3.05, 3.63) is 34.9 Å². The van der Waals surface area contributed by atoms with Crippen molar-refractivity contribution in [2.45, 2.75) is 18.9 Å². The highest BCUT2D eigenvalue weighted by Crippen LogP contribution is 2.54. The standard InChI is InChI=1S/C21H25NO4/c1-22(2)7-6-12-9-16(23)21(26-5)20-14-11-18(25-4)17(24-3)10-13(14)8-15(22)19(12)20/h9-11,15H,6-8H2,1-5H3/p+1/t15-/m0/s1. The van der Waals surface area contributed by atoms with E-state index in [4.69, 9.17) is 14.2 Å². The molecule has 0 saturated carbocycles. The molecule has 4 rings (SSSR count). The van der Waals surface area contributed by atoms with Crippen LogP contribution in [-0.2, 0) is 12.8 Å². The van der Waals surface area contributed by atoms with Gasteiger partial charge in [-0.25, -0.2) is 0 Å². The number of phenols is 1. The Kier molecular flexibility index (Phi) is 3.81. The van der Waals surface area contributed by atoms with Crippen molar-refractivity contribution in [2.75, 3.05) is 42.0 Å². The van der Waals surface area contributed by atoms with Crippen molar-refractivity contribution in [1.82, 2.24) is 0 Å². The minimum Gasteiger partial charge on any atom is -0.504 e. The highest BCUT2D eigenvalue weighted by molar-refractivity contribution is 5.84. The molecular weight excluding hydrogens is 330 g/mol. The van der Waals surface area contributed by atoms with E-state index in [1.165, 1.54) is 16.7 Å². The number of ether oxygens (including phenoxy) is 3. The maximum atomic E-state index is 10.6. The number of phenolic OH excluding ortho intramolecular Hbond substituents is 1. The highest BCUT2D eigenvalue weighted by atomic mass is 16.5. The first kappa shape index (κ1) is 17.0. The molecule has 2 aromatic rings. The second-order valence-corrected chi connectivity index (χ2v) is 7.71. The normalized spacial score (nSPS) is 19.3. The van der Waals surface area contributed by atoms with Crippen LogP contribution in [0.15, 0.2) is 18.2 Å². The van der Waals surface area contributed by atoms with Gasteiger partial charge in [0, 0.05) is 24.0 Å². The van der Waals surface area contributed by atoms with Gasteiger partial charge in [-0.3, -0.25) is 0 Å². The summed E-state index contributed by atoms with van der Waals surface area (Å²) in [7, 11) is 9.48. The van der Waals surface area contributed by atoms with Gasteiger partial charge < -0.3 is 23.8 Å². The van der Waals surface area contributed by atoms with E-state index in [9.17, 15) is 5.11 Å². The maximum Gasteiger partial charge on any atom is 0.168 e. The minimum absolute atomic E-state index is 0.204. The van der Waals surface area contributed by atoms with Gasteiger partial charge in [-0.05, 0) is 34.9 Å². The molecule has 0 unspecified atom stereocenters. The van der Waals surface area contributed by atoms with Crippen LogP contribution in [0.1, 0.15) is 22.7 Å². The molecule has 0 spiro atoms. The summed E-state index contributed by atoms with van der Waals surface area (Å²) in [6, 6.07) is 6.29.